The SMILES string of the molecule is Brc1cccc(I)c1.FCCCc1c(Br)cccc1I. The third-order valence-corrected chi connectivity index (χ3v) is 5.33. The highest BCUT2D eigenvalue weighted by Gasteiger charge is 2.03. The van der Waals surface area contributed by atoms with Crippen LogP contribution in [0.4, 0.5) is 4.39 Å². The molecule has 0 aromatic heterocycles. The quantitative estimate of drug-likeness (QED) is 0.322. The minimum absolute atomic E-state index is 0.239. The van der Waals surface area contributed by atoms with Crippen LogP contribution in [0.25, 0.3) is 0 Å². The summed E-state index contributed by atoms with van der Waals surface area (Å²) in [6, 6.07) is 14.2. The maximum atomic E-state index is 11.9. The summed E-state index contributed by atoms with van der Waals surface area (Å²) >= 11 is 11.4. The second kappa shape index (κ2) is 10.5. The first-order valence-electron chi connectivity index (χ1n) is 5.94. The maximum Gasteiger partial charge on any atom is 0.0897 e. The Labute approximate surface area is 163 Å². The lowest BCUT2D eigenvalue weighted by atomic mass is 10.1. The minimum Gasteiger partial charge on any atom is -0.251 e. The second-order valence-electron chi connectivity index (χ2n) is 3.93. The molecular formula is C15H13Br2FI2. The molecule has 0 N–H and O–H groups in total. The van der Waals surface area contributed by atoms with Crippen molar-refractivity contribution in [1.29, 1.82) is 0 Å². The van der Waals surface area contributed by atoms with E-state index in [2.05, 4.69) is 89.2 Å². The Hall–Kier alpha value is 0.790. The van der Waals surface area contributed by atoms with E-state index < -0.39 is 0 Å². The highest BCUT2D eigenvalue weighted by atomic mass is 127. The zero-order valence-corrected chi connectivity index (χ0v) is 18.0. The zero-order chi connectivity index (χ0) is 15.0. The molecule has 2 rings (SSSR count). The van der Waals surface area contributed by atoms with E-state index in [0.29, 0.717) is 6.42 Å². The summed E-state index contributed by atoms with van der Waals surface area (Å²) in [5.74, 6) is 0. The molecule has 20 heavy (non-hydrogen) atoms. The Balaban J connectivity index is 0.000000217. The number of halogens is 5. The summed E-state index contributed by atoms with van der Waals surface area (Å²) < 4.78 is 16.6. The van der Waals surface area contributed by atoms with Crippen molar-refractivity contribution in [3.63, 3.8) is 0 Å². The van der Waals surface area contributed by atoms with E-state index in [0.717, 1.165) is 15.4 Å². The van der Waals surface area contributed by atoms with E-state index >= 15 is 0 Å². The van der Waals surface area contributed by atoms with Gasteiger partial charge in [0, 0.05) is 16.1 Å². The molecule has 0 radical (unpaired) electrons. The summed E-state index contributed by atoms with van der Waals surface area (Å²) in [7, 11) is 0. The lowest BCUT2D eigenvalue weighted by Gasteiger charge is -2.04. The molecule has 0 spiro atoms. The van der Waals surface area contributed by atoms with Crippen molar-refractivity contribution in [1.82, 2.24) is 0 Å². The van der Waals surface area contributed by atoms with Crippen LogP contribution in [-0.4, -0.2) is 6.67 Å². The van der Waals surface area contributed by atoms with Crippen LogP contribution in [-0.2, 0) is 6.42 Å². The predicted octanol–water partition coefficient (Wildman–Crippen LogP) is 7.01. The first kappa shape index (κ1) is 18.8. The van der Waals surface area contributed by atoms with E-state index in [1.165, 1.54) is 12.7 Å². The third-order valence-electron chi connectivity index (χ3n) is 2.41. The summed E-state index contributed by atoms with van der Waals surface area (Å²) in [5.41, 5.74) is 1.22. The lowest BCUT2D eigenvalue weighted by molar-refractivity contribution is 0.472. The van der Waals surface area contributed by atoms with Gasteiger partial charge in [-0.2, -0.15) is 0 Å². The van der Waals surface area contributed by atoms with Crippen LogP contribution < -0.4 is 0 Å². The molecule has 108 valence electrons. The fourth-order valence-corrected chi connectivity index (χ4v) is 4.55. The largest absolute Gasteiger partial charge is 0.251 e. The van der Waals surface area contributed by atoms with Gasteiger partial charge in [0.2, 0.25) is 0 Å². The molecule has 0 heterocycles. The molecular weight excluding hydrogens is 613 g/mol. The van der Waals surface area contributed by atoms with E-state index in [1.54, 1.807) is 0 Å². The number of benzene rings is 2. The standard InChI is InChI=1S/C9H9BrFI.C6H4BrI/c10-8-4-1-5-9(12)7(8)3-2-6-11;7-5-2-1-3-6(8)4-5/h1,4-5H,2-3,6H2;1-4H. The highest BCUT2D eigenvalue weighted by molar-refractivity contribution is 14.1. The molecule has 0 saturated heterocycles. The van der Waals surface area contributed by atoms with Gasteiger partial charge in [0.05, 0.1) is 6.67 Å². The molecule has 0 amide bonds. The van der Waals surface area contributed by atoms with Crippen molar-refractivity contribution < 1.29 is 4.39 Å². The topological polar surface area (TPSA) is 0 Å². The van der Waals surface area contributed by atoms with Gasteiger partial charge in [-0.25, -0.2) is 0 Å². The summed E-state index contributed by atoms with van der Waals surface area (Å²) in [6.45, 7) is -0.239. The van der Waals surface area contributed by atoms with Crippen LogP contribution >= 0.6 is 77.0 Å². The maximum absolute atomic E-state index is 11.9. The van der Waals surface area contributed by atoms with Gasteiger partial charge in [0.1, 0.15) is 0 Å². The average Bonchev–Trinajstić information content (AvgIpc) is 2.39. The fourth-order valence-electron chi connectivity index (χ4n) is 1.47. The monoisotopic (exact) mass is 624 g/mol. The normalized spacial score (nSPS) is 9.85. The van der Waals surface area contributed by atoms with Crippen molar-refractivity contribution in [3.8, 4) is 0 Å². The van der Waals surface area contributed by atoms with Crippen LogP contribution in [0.3, 0.4) is 0 Å². The number of hydrogen-bond acceptors (Lipinski definition) is 0. The zero-order valence-electron chi connectivity index (χ0n) is 10.6. The molecule has 0 nitrogen and oxygen atoms in total. The molecule has 5 heteroatoms. The first-order valence-corrected chi connectivity index (χ1v) is 9.69. The van der Waals surface area contributed by atoms with E-state index in [9.17, 15) is 4.39 Å². The van der Waals surface area contributed by atoms with Crippen molar-refractivity contribution in [2.45, 2.75) is 12.8 Å². The molecule has 0 saturated carbocycles. The number of hydrogen-bond donors (Lipinski definition) is 0. The Kier molecular flexibility index (Phi) is 9.89. The molecule has 0 aliphatic heterocycles. The van der Waals surface area contributed by atoms with Crippen LogP contribution in [0, 0.1) is 7.14 Å². The molecule has 0 unspecified atom stereocenters. The summed E-state index contributed by atoms with van der Waals surface area (Å²) in [6.07, 6.45) is 1.43. The van der Waals surface area contributed by atoms with Gasteiger partial charge >= 0.3 is 0 Å². The number of rotatable bonds is 3. The molecule has 0 aliphatic carbocycles. The summed E-state index contributed by atoms with van der Waals surface area (Å²) in [4.78, 5) is 0. The Morgan fingerprint density at radius 3 is 2.20 bits per heavy atom. The predicted molar refractivity (Wildman–Crippen MR) is 108 cm³/mol. The molecule has 2 aromatic carbocycles. The van der Waals surface area contributed by atoms with Gasteiger partial charge in [-0.3, -0.25) is 4.39 Å². The second-order valence-corrected chi connectivity index (χ2v) is 8.11. The molecule has 2 aromatic rings. The highest BCUT2D eigenvalue weighted by Crippen LogP contribution is 2.23. The smallest absolute Gasteiger partial charge is 0.0897 e. The van der Waals surface area contributed by atoms with Crippen LogP contribution in [0.15, 0.2) is 51.4 Å². The van der Waals surface area contributed by atoms with Crippen molar-refractivity contribution in [2.24, 2.45) is 0 Å². The van der Waals surface area contributed by atoms with Crippen molar-refractivity contribution in [2.75, 3.05) is 6.67 Å². The van der Waals surface area contributed by atoms with Crippen LogP contribution in [0.1, 0.15) is 12.0 Å². The lowest BCUT2D eigenvalue weighted by Crippen LogP contribution is -1.91. The molecule has 0 fully saturated rings. The van der Waals surface area contributed by atoms with E-state index in [1.807, 2.05) is 30.3 Å². The first-order chi connectivity index (χ1) is 9.54. The van der Waals surface area contributed by atoms with Gasteiger partial charge in [-0.1, -0.05) is 44.0 Å². The Bertz CT molecular complexity index is 510. The van der Waals surface area contributed by atoms with Gasteiger partial charge in [0.15, 0.2) is 0 Å². The fraction of sp³-hybridized carbons (Fsp3) is 0.200. The third kappa shape index (κ3) is 7.17. The molecule has 0 atom stereocenters. The Morgan fingerprint density at radius 2 is 1.70 bits per heavy atom. The van der Waals surface area contributed by atoms with E-state index in [-0.39, 0.29) is 6.67 Å². The minimum atomic E-state index is -0.239. The van der Waals surface area contributed by atoms with Crippen molar-refractivity contribution >= 4 is 77.0 Å². The molecule has 0 bridgehead atoms. The van der Waals surface area contributed by atoms with E-state index in [4.69, 9.17) is 0 Å². The number of alkyl halides is 1. The Morgan fingerprint density at radius 1 is 1.00 bits per heavy atom. The van der Waals surface area contributed by atoms with Gasteiger partial charge in [0.25, 0.3) is 0 Å². The van der Waals surface area contributed by atoms with Gasteiger partial charge < -0.3 is 0 Å². The molecule has 0 aliphatic rings. The van der Waals surface area contributed by atoms with Gasteiger partial charge in [-0.15, -0.1) is 0 Å². The van der Waals surface area contributed by atoms with Gasteiger partial charge in [-0.05, 0) is 93.9 Å². The van der Waals surface area contributed by atoms with Crippen molar-refractivity contribution in [3.05, 3.63) is 64.1 Å². The van der Waals surface area contributed by atoms with Crippen LogP contribution in [0.5, 0.6) is 0 Å². The summed E-state index contributed by atoms with van der Waals surface area (Å²) in [5, 5.41) is 0. The average molecular weight is 626 g/mol. The van der Waals surface area contributed by atoms with Crippen LogP contribution in [0.2, 0.25) is 0 Å².